The zero-order valence-electron chi connectivity index (χ0n) is 12.4. The summed E-state index contributed by atoms with van der Waals surface area (Å²) in [5.74, 6) is 0. The van der Waals surface area contributed by atoms with Gasteiger partial charge in [0.2, 0.25) is 0 Å². The number of anilines is 1. The lowest BCUT2D eigenvalue weighted by molar-refractivity contribution is 1.44. The van der Waals surface area contributed by atoms with Crippen LogP contribution in [0.25, 0.3) is 20.8 Å². The second-order valence-electron chi connectivity index (χ2n) is 4.99. The van der Waals surface area contributed by atoms with Crippen LogP contribution >= 0.6 is 11.3 Å². The monoisotopic (exact) mass is 316 g/mol. The minimum Gasteiger partial charge on any atom is -0.360 e. The van der Waals surface area contributed by atoms with Gasteiger partial charge in [0.15, 0.2) is 0 Å². The molecule has 3 rings (SSSR count). The van der Waals surface area contributed by atoms with Gasteiger partial charge in [-0.2, -0.15) is 10.5 Å². The summed E-state index contributed by atoms with van der Waals surface area (Å²) in [6.07, 6.45) is 1.40. The van der Waals surface area contributed by atoms with Crippen LogP contribution in [0.3, 0.4) is 0 Å². The number of fused-ring (bicyclic) bond motifs is 1. The van der Waals surface area contributed by atoms with Crippen molar-refractivity contribution in [3.05, 3.63) is 59.8 Å². The number of allylic oxidation sites excluding steroid dienone is 1. The fraction of sp³-hybridized carbons (Fsp3) is 0.0556. The molecule has 0 amide bonds. The van der Waals surface area contributed by atoms with Gasteiger partial charge in [-0.3, -0.25) is 0 Å². The third kappa shape index (κ3) is 3.21. The smallest absolute Gasteiger partial charge is 0.145 e. The quantitative estimate of drug-likeness (QED) is 0.716. The number of benzene rings is 2. The lowest BCUT2D eigenvalue weighted by Crippen LogP contribution is -1.89. The molecule has 1 N–H and O–H groups in total. The number of nitrogens with one attached hydrogen (secondary N) is 1. The van der Waals surface area contributed by atoms with Crippen molar-refractivity contribution in [2.24, 2.45) is 0 Å². The second kappa shape index (κ2) is 6.31. The highest BCUT2D eigenvalue weighted by atomic mass is 32.1. The number of nitriles is 2. The van der Waals surface area contributed by atoms with Crippen LogP contribution in [0.1, 0.15) is 5.56 Å². The molecule has 1 heterocycles. The first-order valence-corrected chi connectivity index (χ1v) is 7.76. The Kier molecular flexibility index (Phi) is 4.05. The molecule has 0 aliphatic rings. The van der Waals surface area contributed by atoms with E-state index < -0.39 is 0 Å². The van der Waals surface area contributed by atoms with Crippen molar-refractivity contribution in [3.63, 3.8) is 0 Å². The molecule has 0 bridgehead atoms. The third-order valence-electron chi connectivity index (χ3n) is 3.30. The summed E-state index contributed by atoms with van der Waals surface area (Å²) >= 11 is 1.67. The van der Waals surface area contributed by atoms with E-state index in [1.165, 1.54) is 16.5 Å². The first kappa shape index (κ1) is 14.8. The molecular weight excluding hydrogens is 304 g/mol. The van der Waals surface area contributed by atoms with Gasteiger partial charge >= 0.3 is 0 Å². The number of aryl methyl sites for hydroxylation is 1. The molecule has 0 saturated carbocycles. The maximum absolute atomic E-state index is 8.70. The van der Waals surface area contributed by atoms with E-state index in [2.05, 4.69) is 29.4 Å². The molecule has 0 aliphatic carbocycles. The zero-order chi connectivity index (χ0) is 16.2. The van der Waals surface area contributed by atoms with E-state index in [0.29, 0.717) is 0 Å². The highest BCUT2D eigenvalue weighted by Crippen LogP contribution is 2.31. The zero-order valence-corrected chi connectivity index (χ0v) is 13.2. The van der Waals surface area contributed by atoms with Crippen molar-refractivity contribution in [2.45, 2.75) is 6.92 Å². The van der Waals surface area contributed by atoms with E-state index >= 15 is 0 Å². The molecule has 2 aromatic carbocycles. The lowest BCUT2D eigenvalue weighted by atomic mass is 10.2. The van der Waals surface area contributed by atoms with Crippen LogP contribution in [-0.2, 0) is 0 Å². The van der Waals surface area contributed by atoms with Crippen LogP contribution in [0.2, 0.25) is 0 Å². The molecule has 4 nitrogen and oxygen atoms in total. The number of hydrogen-bond donors (Lipinski definition) is 1. The maximum atomic E-state index is 8.70. The Labute approximate surface area is 138 Å². The average Bonchev–Trinajstić information content (AvgIpc) is 2.99. The Morgan fingerprint density at radius 1 is 1.13 bits per heavy atom. The summed E-state index contributed by atoms with van der Waals surface area (Å²) in [6.45, 7) is 2.07. The highest BCUT2D eigenvalue weighted by Gasteiger charge is 2.06. The van der Waals surface area contributed by atoms with Crippen molar-refractivity contribution < 1.29 is 0 Å². The topological polar surface area (TPSA) is 72.5 Å². The van der Waals surface area contributed by atoms with Gasteiger partial charge in [0.25, 0.3) is 0 Å². The van der Waals surface area contributed by atoms with Crippen LogP contribution in [-0.4, -0.2) is 4.98 Å². The molecule has 0 spiro atoms. The second-order valence-corrected chi connectivity index (χ2v) is 6.02. The minimum absolute atomic E-state index is 0.0376. The van der Waals surface area contributed by atoms with Crippen molar-refractivity contribution in [1.82, 2.24) is 4.98 Å². The molecule has 3 aromatic rings. The number of rotatable bonds is 3. The summed E-state index contributed by atoms with van der Waals surface area (Å²) in [5, 5.41) is 21.3. The van der Waals surface area contributed by atoms with Crippen LogP contribution in [0, 0.1) is 29.6 Å². The summed E-state index contributed by atoms with van der Waals surface area (Å²) in [7, 11) is 0. The van der Waals surface area contributed by atoms with Crippen LogP contribution in [0.5, 0.6) is 0 Å². The molecule has 110 valence electrons. The molecule has 0 aliphatic heterocycles. The maximum Gasteiger partial charge on any atom is 0.145 e. The van der Waals surface area contributed by atoms with Crippen molar-refractivity contribution in [1.29, 1.82) is 10.5 Å². The van der Waals surface area contributed by atoms with E-state index in [0.717, 1.165) is 21.8 Å². The number of aromatic nitrogens is 1. The third-order valence-corrected chi connectivity index (χ3v) is 4.37. The molecular formula is C18H12N4S. The van der Waals surface area contributed by atoms with Gasteiger partial charge in [0.1, 0.15) is 22.7 Å². The fourth-order valence-electron chi connectivity index (χ4n) is 2.11. The number of nitrogens with zero attached hydrogens (tertiary/aromatic N) is 3. The summed E-state index contributed by atoms with van der Waals surface area (Å²) in [6, 6.07) is 17.6. The lowest BCUT2D eigenvalue weighted by Gasteiger charge is -2.01. The van der Waals surface area contributed by atoms with Crippen LogP contribution in [0.4, 0.5) is 5.69 Å². The summed E-state index contributed by atoms with van der Waals surface area (Å²) in [4.78, 5) is 4.65. The fourth-order valence-corrected chi connectivity index (χ4v) is 3.18. The largest absolute Gasteiger partial charge is 0.360 e. The van der Waals surface area contributed by atoms with Gasteiger partial charge in [-0.05, 0) is 48.9 Å². The van der Waals surface area contributed by atoms with Crippen LogP contribution < -0.4 is 5.32 Å². The predicted octanol–water partition coefficient (Wildman–Crippen LogP) is 4.61. The molecule has 1 aromatic heterocycles. The minimum atomic E-state index is 0.0376. The van der Waals surface area contributed by atoms with Gasteiger partial charge in [-0.1, -0.05) is 6.07 Å². The normalized spacial score (nSPS) is 9.87. The molecule has 0 saturated heterocycles. The summed E-state index contributed by atoms with van der Waals surface area (Å²) in [5.41, 5.74) is 4.13. The van der Waals surface area contributed by atoms with Crippen LogP contribution in [0.15, 0.2) is 54.2 Å². The first-order chi connectivity index (χ1) is 11.2. The molecule has 0 atom stereocenters. The van der Waals surface area contributed by atoms with E-state index in [9.17, 15) is 0 Å². The SMILES string of the molecule is Cc1ccc2nc(-c3ccc(NC=C(C#N)C#N)cc3)sc2c1. The molecule has 23 heavy (non-hydrogen) atoms. The van der Waals surface area contributed by atoms with Gasteiger partial charge < -0.3 is 5.32 Å². The molecule has 0 unspecified atom stereocenters. The van der Waals surface area contributed by atoms with E-state index in [1.807, 2.05) is 42.5 Å². The average molecular weight is 316 g/mol. The standard InChI is InChI=1S/C18H12N4S/c1-12-2-7-16-17(8-12)23-18(22-16)14-3-5-15(6-4-14)21-11-13(9-19)10-20/h2-8,11,21H,1H3. The Balaban J connectivity index is 1.85. The molecule has 0 fully saturated rings. The highest BCUT2D eigenvalue weighted by molar-refractivity contribution is 7.21. The predicted molar refractivity (Wildman–Crippen MR) is 92.7 cm³/mol. The molecule has 5 heteroatoms. The van der Waals surface area contributed by atoms with E-state index in [1.54, 1.807) is 11.3 Å². The van der Waals surface area contributed by atoms with Crippen molar-refractivity contribution in [3.8, 4) is 22.7 Å². The van der Waals surface area contributed by atoms with Gasteiger partial charge in [0, 0.05) is 17.5 Å². The van der Waals surface area contributed by atoms with E-state index in [4.69, 9.17) is 10.5 Å². The summed E-state index contributed by atoms with van der Waals surface area (Å²) < 4.78 is 1.18. The number of hydrogen-bond acceptors (Lipinski definition) is 5. The Morgan fingerprint density at radius 3 is 2.57 bits per heavy atom. The number of thiazole rings is 1. The van der Waals surface area contributed by atoms with Crippen molar-refractivity contribution in [2.75, 3.05) is 5.32 Å². The van der Waals surface area contributed by atoms with Gasteiger partial charge in [-0.15, -0.1) is 11.3 Å². The Hall–Kier alpha value is -3.15. The van der Waals surface area contributed by atoms with Gasteiger partial charge in [-0.25, -0.2) is 4.98 Å². The molecule has 0 radical (unpaired) electrons. The Morgan fingerprint density at radius 2 is 1.87 bits per heavy atom. The van der Waals surface area contributed by atoms with Gasteiger partial charge in [0.05, 0.1) is 10.2 Å². The van der Waals surface area contributed by atoms with Crippen molar-refractivity contribution >= 4 is 27.2 Å². The first-order valence-electron chi connectivity index (χ1n) is 6.94. The van der Waals surface area contributed by atoms with E-state index in [-0.39, 0.29) is 5.57 Å². The Bertz CT molecular complexity index is 953.